The number of rotatable bonds is 2. The van der Waals surface area contributed by atoms with Gasteiger partial charge in [-0.15, -0.1) is 0 Å². The Morgan fingerprint density at radius 3 is 1.95 bits per heavy atom. The predicted molar refractivity (Wildman–Crippen MR) is 70.1 cm³/mol. The number of carbonyl (C=O) groups is 2. The first-order valence-electron chi connectivity index (χ1n) is 5.68. The van der Waals surface area contributed by atoms with E-state index >= 15 is 0 Å². The monoisotopic (exact) mass is 276 g/mol. The molecule has 0 saturated heterocycles. The van der Waals surface area contributed by atoms with Crippen molar-refractivity contribution >= 4 is 23.2 Å². The third-order valence-electron chi connectivity index (χ3n) is 2.39. The van der Waals surface area contributed by atoms with E-state index in [4.69, 9.17) is 0 Å². The van der Waals surface area contributed by atoms with Gasteiger partial charge in [0.15, 0.2) is 0 Å². The first kappa shape index (κ1) is 13.7. The van der Waals surface area contributed by atoms with Crippen LogP contribution in [0.4, 0.5) is 20.2 Å². The Bertz CT molecular complexity index is 642. The fourth-order valence-electron chi connectivity index (χ4n) is 1.48. The minimum Gasteiger partial charge on any atom is -0.318 e. The third-order valence-corrected chi connectivity index (χ3v) is 2.39. The van der Waals surface area contributed by atoms with Gasteiger partial charge in [0.25, 0.3) is 0 Å². The molecule has 0 spiro atoms. The molecule has 2 aromatic rings. The zero-order chi connectivity index (χ0) is 14.5. The summed E-state index contributed by atoms with van der Waals surface area (Å²) in [5, 5.41) is 4.54. The average Bonchev–Trinajstić information content (AvgIpc) is 2.41. The predicted octanol–water partition coefficient (Wildman–Crippen LogP) is 2.54. The highest BCUT2D eigenvalue weighted by molar-refractivity contribution is 6.43. The lowest BCUT2D eigenvalue weighted by molar-refractivity contribution is -0.133. The maximum atomic E-state index is 12.9. The fourth-order valence-corrected chi connectivity index (χ4v) is 1.48. The first-order chi connectivity index (χ1) is 9.54. The molecule has 0 aromatic heterocycles. The van der Waals surface area contributed by atoms with Crippen LogP contribution in [-0.2, 0) is 9.59 Å². The van der Waals surface area contributed by atoms with Crippen molar-refractivity contribution < 1.29 is 18.4 Å². The topological polar surface area (TPSA) is 58.2 Å². The molecule has 0 aliphatic rings. The summed E-state index contributed by atoms with van der Waals surface area (Å²) in [6.07, 6.45) is 0. The number of nitrogens with one attached hydrogen (secondary N) is 2. The van der Waals surface area contributed by atoms with E-state index in [1.807, 2.05) is 0 Å². The van der Waals surface area contributed by atoms with Crippen LogP contribution in [0.2, 0.25) is 0 Å². The van der Waals surface area contributed by atoms with Gasteiger partial charge >= 0.3 is 11.8 Å². The average molecular weight is 276 g/mol. The van der Waals surface area contributed by atoms with Crippen LogP contribution in [-0.4, -0.2) is 11.8 Å². The molecule has 20 heavy (non-hydrogen) atoms. The van der Waals surface area contributed by atoms with Gasteiger partial charge in [0.05, 0.1) is 0 Å². The Labute approximate surface area is 113 Å². The lowest BCUT2D eigenvalue weighted by atomic mass is 10.3. The summed E-state index contributed by atoms with van der Waals surface area (Å²) in [5.41, 5.74) is 0.454. The van der Waals surface area contributed by atoms with Crippen LogP contribution in [0.15, 0.2) is 48.5 Å². The van der Waals surface area contributed by atoms with Crippen LogP contribution < -0.4 is 10.6 Å². The highest BCUT2D eigenvalue weighted by Gasteiger charge is 2.14. The Kier molecular flexibility index (Phi) is 4.05. The Balaban J connectivity index is 1.98. The molecule has 0 aliphatic heterocycles. The summed E-state index contributed by atoms with van der Waals surface area (Å²) < 4.78 is 25.6. The number of amides is 2. The molecule has 0 atom stereocenters. The zero-order valence-corrected chi connectivity index (χ0v) is 10.2. The summed E-state index contributed by atoms with van der Waals surface area (Å²) in [6.45, 7) is 0. The summed E-state index contributed by atoms with van der Waals surface area (Å²) in [5.74, 6) is -2.85. The number of hydrogen-bond acceptors (Lipinski definition) is 2. The van der Waals surface area contributed by atoms with Gasteiger partial charge in [-0.3, -0.25) is 9.59 Å². The van der Waals surface area contributed by atoms with Gasteiger partial charge in [-0.2, -0.15) is 0 Å². The van der Waals surface area contributed by atoms with E-state index in [1.165, 1.54) is 30.3 Å². The normalized spacial score (nSPS) is 9.90. The fraction of sp³-hybridized carbons (Fsp3) is 0. The molecular formula is C14H10F2N2O2. The maximum Gasteiger partial charge on any atom is 0.314 e. The van der Waals surface area contributed by atoms with Gasteiger partial charge < -0.3 is 10.6 Å². The molecule has 4 nitrogen and oxygen atoms in total. The van der Waals surface area contributed by atoms with E-state index in [2.05, 4.69) is 10.6 Å². The lowest BCUT2D eigenvalue weighted by Gasteiger charge is -2.06. The van der Waals surface area contributed by atoms with Gasteiger partial charge in [-0.1, -0.05) is 6.07 Å². The molecule has 2 rings (SSSR count). The van der Waals surface area contributed by atoms with Crippen molar-refractivity contribution in [2.24, 2.45) is 0 Å². The van der Waals surface area contributed by atoms with Crippen molar-refractivity contribution in [3.8, 4) is 0 Å². The highest BCUT2D eigenvalue weighted by Crippen LogP contribution is 2.10. The van der Waals surface area contributed by atoms with E-state index in [9.17, 15) is 18.4 Å². The largest absolute Gasteiger partial charge is 0.318 e. The van der Waals surface area contributed by atoms with E-state index in [1.54, 1.807) is 0 Å². The number of carbonyl (C=O) groups excluding carboxylic acids is 2. The van der Waals surface area contributed by atoms with Gasteiger partial charge in [-0.05, 0) is 42.5 Å². The summed E-state index contributed by atoms with van der Waals surface area (Å²) in [7, 11) is 0. The van der Waals surface area contributed by atoms with Crippen LogP contribution in [0, 0.1) is 11.6 Å². The van der Waals surface area contributed by atoms with E-state index < -0.39 is 23.4 Å². The van der Waals surface area contributed by atoms with Crippen LogP contribution in [0.25, 0.3) is 0 Å². The van der Waals surface area contributed by atoms with Gasteiger partial charge in [0, 0.05) is 11.4 Å². The molecule has 6 heteroatoms. The smallest absolute Gasteiger partial charge is 0.314 e. The maximum absolute atomic E-state index is 12.9. The lowest BCUT2D eigenvalue weighted by Crippen LogP contribution is -2.29. The molecule has 0 bridgehead atoms. The second-order valence-corrected chi connectivity index (χ2v) is 3.93. The highest BCUT2D eigenvalue weighted by atomic mass is 19.1. The second kappa shape index (κ2) is 5.92. The van der Waals surface area contributed by atoms with Gasteiger partial charge in [0.2, 0.25) is 0 Å². The van der Waals surface area contributed by atoms with Crippen molar-refractivity contribution in [1.29, 1.82) is 0 Å². The molecule has 2 amide bonds. The van der Waals surface area contributed by atoms with Gasteiger partial charge in [-0.25, -0.2) is 8.78 Å². The molecule has 0 aliphatic carbocycles. The standard InChI is InChI=1S/C14H10F2N2O2/c15-9-4-6-11(7-5-9)17-13(19)14(20)18-12-3-1-2-10(16)8-12/h1-8H,(H,17,19)(H,18,20). The molecule has 102 valence electrons. The molecule has 0 fully saturated rings. The number of benzene rings is 2. The van der Waals surface area contributed by atoms with Crippen molar-refractivity contribution in [3.63, 3.8) is 0 Å². The van der Waals surface area contributed by atoms with Crippen LogP contribution in [0.3, 0.4) is 0 Å². The zero-order valence-electron chi connectivity index (χ0n) is 10.2. The quantitative estimate of drug-likeness (QED) is 0.828. The molecule has 0 saturated carbocycles. The number of halogens is 2. The first-order valence-corrected chi connectivity index (χ1v) is 5.68. The molecule has 2 N–H and O–H groups in total. The third kappa shape index (κ3) is 3.61. The summed E-state index contributed by atoms with van der Waals surface area (Å²) in [6, 6.07) is 10.1. The molecule has 0 radical (unpaired) electrons. The van der Waals surface area contributed by atoms with E-state index in [0.29, 0.717) is 0 Å². The van der Waals surface area contributed by atoms with E-state index in [-0.39, 0.29) is 11.4 Å². The molecule has 0 heterocycles. The Morgan fingerprint density at radius 1 is 0.750 bits per heavy atom. The molecule has 0 unspecified atom stereocenters. The van der Waals surface area contributed by atoms with Crippen molar-refractivity contribution in [2.75, 3.05) is 10.6 Å². The summed E-state index contributed by atoms with van der Waals surface area (Å²) in [4.78, 5) is 23.2. The van der Waals surface area contributed by atoms with Crippen LogP contribution >= 0.6 is 0 Å². The van der Waals surface area contributed by atoms with Crippen LogP contribution in [0.1, 0.15) is 0 Å². The minimum atomic E-state index is -0.945. The number of anilines is 2. The van der Waals surface area contributed by atoms with E-state index in [0.717, 1.165) is 18.2 Å². The van der Waals surface area contributed by atoms with Gasteiger partial charge in [0.1, 0.15) is 11.6 Å². The second-order valence-electron chi connectivity index (χ2n) is 3.93. The Hall–Kier alpha value is -2.76. The molecule has 2 aromatic carbocycles. The Morgan fingerprint density at radius 2 is 1.35 bits per heavy atom. The summed E-state index contributed by atoms with van der Waals surface area (Å²) >= 11 is 0. The molecular weight excluding hydrogens is 266 g/mol. The number of hydrogen-bond donors (Lipinski definition) is 2. The van der Waals surface area contributed by atoms with Crippen molar-refractivity contribution in [2.45, 2.75) is 0 Å². The minimum absolute atomic E-state index is 0.171. The van der Waals surface area contributed by atoms with Crippen LogP contribution in [0.5, 0.6) is 0 Å². The SMILES string of the molecule is O=C(Nc1ccc(F)cc1)C(=O)Nc1cccc(F)c1. The van der Waals surface area contributed by atoms with Crippen molar-refractivity contribution in [1.82, 2.24) is 0 Å². The van der Waals surface area contributed by atoms with Crippen molar-refractivity contribution in [3.05, 3.63) is 60.2 Å².